The number of ether oxygens (including phenoxy) is 1. The second kappa shape index (κ2) is 6.16. The molecule has 2 aromatic rings. The summed E-state index contributed by atoms with van der Waals surface area (Å²) in [4.78, 5) is 3.96. The molecule has 0 fully saturated rings. The Kier molecular flexibility index (Phi) is 4.30. The third kappa shape index (κ3) is 3.56. The lowest BCUT2D eigenvalue weighted by Crippen LogP contribution is -2.27. The normalized spacial score (nSPS) is 12.3. The van der Waals surface area contributed by atoms with Gasteiger partial charge in [-0.2, -0.15) is 4.98 Å². The van der Waals surface area contributed by atoms with E-state index < -0.39 is 0 Å². The Labute approximate surface area is 106 Å². The van der Waals surface area contributed by atoms with Crippen LogP contribution in [0.3, 0.4) is 0 Å². The molecule has 96 valence electrons. The largest absolute Gasteiger partial charge is 0.497 e. The molecule has 5 heteroatoms. The Morgan fingerprint density at radius 2 is 2.11 bits per heavy atom. The van der Waals surface area contributed by atoms with Crippen molar-refractivity contribution >= 4 is 0 Å². The van der Waals surface area contributed by atoms with Gasteiger partial charge in [0.1, 0.15) is 5.75 Å². The smallest absolute Gasteiger partial charge is 0.213 e. The zero-order valence-corrected chi connectivity index (χ0v) is 10.6. The van der Waals surface area contributed by atoms with Crippen molar-refractivity contribution in [2.75, 3.05) is 7.11 Å². The molecule has 1 aromatic carbocycles. The van der Waals surface area contributed by atoms with Crippen molar-refractivity contribution in [3.05, 3.63) is 42.0 Å². The second-order valence-electron chi connectivity index (χ2n) is 4.18. The van der Waals surface area contributed by atoms with Gasteiger partial charge >= 0.3 is 0 Å². The van der Waals surface area contributed by atoms with E-state index in [0.29, 0.717) is 18.4 Å². The second-order valence-corrected chi connectivity index (χ2v) is 4.18. The van der Waals surface area contributed by atoms with Crippen LogP contribution in [0, 0.1) is 0 Å². The van der Waals surface area contributed by atoms with Crippen LogP contribution in [0.25, 0.3) is 0 Å². The third-order valence-electron chi connectivity index (χ3n) is 2.72. The van der Waals surface area contributed by atoms with Gasteiger partial charge in [-0.1, -0.05) is 17.3 Å². The van der Waals surface area contributed by atoms with Crippen molar-refractivity contribution < 1.29 is 9.26 Å². The Hall–Kier alpha value is -1.88. The molecule has 5 nitrogen and oxygen atoms in total. The molecule has 0 amide bonds. The standard InChI is InChI=1S/C13H17N3O2/c1-10(14-8-13-15-9-18-16-13)7-11-3-5-12(17-2)6-4-11/h3-6,9-10,14H,7-8H2,1-2H3. The van der Waals surface area contributed by atoms with Crippen LogP contribution in [0.5, 0.6) is 5.75 Å². The number of methoxy groups -OCH3 is 1. The molecule has 0 saturated heterocycles. The van der Waals surface area contributed by atoms with Crippen molar-refractivity contribution in [1.29, 1.82) is 0 Å². The van der Waals surface area contributed by atoms with Crippen molar-refractivity contribution in [1.82, 2.24) is 15.5 Å². The molecule has 18 heavy (non-hydrogen) atoms. The predicted octanol–water partition coefficient (Wildman–Crippen LogP) is 1.80. The summed E-state index contributed by atoms with van der Waals surface area (Å²) in [5.41, 5.74) is 1.27. The topological polar surface area (TPSA) is 60.2 Å². The molecular weight excluding hydrogens is 230 g/mol. The molecule has 0 radical (unpaired) electrons. The van der Waals surface area contributed by atoms with E-state index in [4.69, 9.17) is 4.74 Å². The van der Waals surface area contributed by atoms with Crippen LogP contribution in [-0.4, -0.2) is 23.3 Å². The summed E-state index contributed by atoms with van der Waals surface area (Å²) in [6.07, 6.45) is 2.28. The molecule has 1 atom stereocenters. The maximum Gasteiger partial charge on any atom is 0.213 e. The van der Waals surface area contributed by atoms with E-state index in [1.807, 2.05) is 12.1 Å². The summed E-state index contributed by atoms with van der Waals surface area (Å²) in [6.45, 7) is 2.75. The van der Waals surface area contributed by atoms with Crippen LogP contribution in [-0.2, 0) is 13.0 Å². The lowest BCUT2D eigenvalue weighted by atomic mass is 10.1. The zero-order chi connectivity index (χ0) is 12.8. The highest BCUT2D eigenvalue weighted by Crippen LogP contribution is 2.12. The molecule has 1 N–H and O–H groups in total. The molecule has 1 heterocycles. The van der Waals surface area contributed by atoms with E-state index in [-0.39, 0.29) is 0 Å². The molecule has 1 aromatic heterocycles. The fraction of sp³-hybridized carbons (Fsp3) is 0.385. The summed E-state index contributed by atoms with van der Waals surface area (Å²) in [5, 5.41) is 7.10. The van der Waals surface area contributed by atoms with Crippen LogP contribution in [0.4, 0.5) is 0 Å². The van der Waals surface area contributed by atoms with Crippen molar-refractivity contribution in [2.45, 2.75) is 25.9 Å². The van der Waals surface area contributed by atoms with E-state index in [1.54, 1.807) is 7.11 Å². The quantitative estimate of drug-likeness (QED) is 0.843. The fourth-order valence-corrected chi connectivity index (χ4v) is 1.72. The number of nitrogens with zero attached hydrogens (tertiary/aromatic N) is 2. The van der Waals surface area contributed by atoms with Crippen LogP contribution >= 0.6 is 0 Å². The van der Waals surface area contributed by atoms with Gasteiger partial charge in [-0.25, -0.2) is 0 Å². The highest BCUT2D eigenvalue weighted by atomic mass is 16.5. The minimum absolute atomic E-state index is 0.344. The van der Waals surface area contributed by atoms with E-state index >= 15 is 0 Å². The van der Waals surface area contributed by atoms with E-state index in [2.05, 4.69) is 39.0 Å². The SMILES string of the molecule is COc1ccc(CC(C)NCc2ncon2)cc1. The Morgan fingerprint density at radius 1 is 1.33 bits per heavy atom. The summed E-state index contributed by atoms with van der Waals surface area (Å²) in [6, 6.07) is 8.44. The summed E-state index contributed by atoms with van der Waals surface area (Å²) in [5.74, 6) is 1.56. The van der Waals surface area contributed by atoms with Gasteiger partial charge in [0.15, 0.2) is 5.82 Å². The van der Waals surface area contributed by atoms with Gasteiger partial charge in [0.25, 0.3) is 0 Å². The highest BCUT2D eigenvalue weighted by Gasteiger charge is 2.05. The zero-order valence-electron chi connectivity index (χ0n) is 10.6. The van der Waals surface area contributed by atoms with Crippen molar-refractivity contribution in [2.24, 2.45) is 0 Å². The number of nitrogens with one attached hydrogen (secondary N) is 1. The average molecular weight is 247 g/mol. The van der Waals surface area contributed by atoms with Gasteiger partial charge in [0.05, 0.1) is 13.7 Å². The van der Waals surface area contributed by atoms with Gasteiger partial charge in [-0.3, -0.25) is 0 Å². The molecule has 0 spiro atoms. The third-order valence-corrected chi connectivity index (χ3v) is 2.72. The van der Waals surface area contributed by atoms with Crippen LogP contribution < -0.4 is 10.1 Å². The van der Waals surface area contributed by atoms with Crippen LogP contribution in [0.15, 0.2) is 35.2 Å². The fourth-order valence-electron chi connectivity index (χ4n) is 1.72. The molecule has 2 rings (SSSR count). The summed E-state index contributed by atoms with van der Waals surface area (Å²) >= 11 is 0. The van der Waals surface area contributed by atoms with Gasteiger partial charge < -0.3 is 14.6 Å². The molecule has 0 aliphatic rings. The summed E-state index contributed by atoms with van der Waals surface area (Å²) < 4.78 is 9.80. The molecule has 0 saturated carbocycles. The number of benzene rings is 1. The lowest BCUT2D eigenvalue weighted by Gasteiger charge is -2.12. The molecule has 0 aliphatic heterocycles. The number of rotatable bonds is 6. The van der Waals surface area contributed by atoms with E-state index in [1.165, 1.54) is 12.0 Å². The van der Waals surface area contributed by atoms with Crippen molar-refractivity contribution in [3.8, 4) is 5.75 Å². The molecular formula is C13H17N3O2. The Morgan fingerprint density at radius 3 is 2.72 bits per heavy atom. The Balaban J connectivity index is 1.80. The van der Waals surface area contributed by atoms with Gasteiger partial charge in [-0.05, 0) is 31.0 Å². The first-order valence-corrected chi connectivity index (χ1v) is 5.89. The van der Waals surface area contributed by atoms with Gasteiger partial charge in [0, 0.05) is 6.04 Å². The first-order chi connectivity index (χ1) is 8.78. The minimum atomic E-state index is 0.344. The Bertz CT molecular complexity index is 454. The van der Waals surface area contributed by atoms with E-state index in [0.717, 1.165) is 12.2 Å². The molecule has 1 unspecified atom stereocenters. The maximum atomic E-state index is 5.13. The summed E-state index contributed by atoms with van der Waals surface area (Å²) in [7, 11) is 1.67. The maximum absolute atomic E-state index is 5.13. The van der Waals surface area contributed by atoms with Gasteiger partial charge in [0.2, 0.25) is 6.39 Å². The first kappa shape index (κ1) is 12.6. The van der Waals surface area contributed by atoms with Crippen LogP contribution in [0.1, 0.15) is 18.3 Å². The van der Waals surface area contributed by atoms with Gasteiger partial charge in [-0.15, -0.1) is 0 Å². The lowest BCUT2D eigenvalue weighted by molar-refractivity contribution is 0.404. The average Bonchev–Trinajstić information content (AvgIpc) is 2.90. The highest BCUT2D eigenvalue weighted by molar-refractivity contribution is 5.27. The molecule has 0 aliphatic carbocycles. The monoisotopic (exact) mass is 247 g/mol. The molecule has 0 bridgehead atoms. The number of aromatic nitrogens is 2. The number of hydrogen-bond acceptors (Lipinski definition) is 5. The van der Waals surface area contributed by atoms with E-state index in [9.17, 15) is 0 Å². The van der Waals surface area contributed by atoms with Crippen LogP contribution in [0.2, 0.25) is 0 Å². The minimum Gasteiger partial charge on any atom is -0.497 e. The van der Waals surface area contributed by atoms with Crippen molar-refractivity contribution in [3.63, 3.8) is 0 Å². The predicted molar refractivity (Wildman–Crippen MR) is 67.3 cm³/mol. The first-order valence-electron chi connectivity index (χ1n) is 5.89. The number of hydrogen-bond donors (Lipinski definition) is 1.